The highest BCUT2D eigenvalue weighted by atomic mass is 16.3. The van der Waals surface area contributed by atoms with Crippen molar-refractivity contribution in [2.24, 2.45) is 22.9 Å². The van der Waals surface area contributed by atoms with Crippen molar-refractivity contribution < 1.29 is 9.90 Å². The van der Waals surface area contributed by atoms with Gasteiger partial charge >= 0.3 is 0 Å². The van der Waals surface area contributed by atoms with Crippen molar-refractivity contribution in [2.75, 3.05) is 0 Å². The number of hydrazone groups is 1. The summed E-state index contributed by atoms with van der Waals surface area (Å²) in [5, 5.41) is 13.9. The molecule has 1 aromatic rings. The molecule has 0 saturated heterocycles. The third kappa shape index (κ3) is 2.42. The maximum absolute atomic E-state index is 12.0. The first-order valence-electron chi connectivity index (χ1n) is 7.27. The topological polar surface area (TPSA) is 61.7 Å². The summed E-state index contributed by atoms with van der Waals surface area (Å²) >= 11 is 0. The Morgan fingerprint density at radius 3 is 2.75 bits per heavy atom. The van der Waals surface area contributed by atoms with Gasteiger partial charge in [0.05, 0.1) is 5.56 Å². The van der Waals surface area contributed by atoms with Crippen molar-refractivity contribution in [2.45, 2.75) is 32.6 Å². The molecule has 1 amide bonds. The molecule has 3 rings (SSSR count). The summed E-state index contributed by atoms with van der Waals surface area (Å²) in [5.74, 6) is 1.77. The molecule has 20 heavy (non-hydrogen) atoms. The van der Waals surface area contributed by atoms with Crippen LogP contribution in [0.15, 0.2) is 29.4 Å². The van der Waals surface area contributed by atoms with E-state index >= 15 is 0 Å². The van der Waals surface area contributed by atoms with Gasteiger partial charge in [-0.05, 0) is 50.2 Å². The maximum atomic E-state index is 12.0. The van der Waals surface area contributed by atoms with Crippen molar-refractivity contribution >= 4 is 11.6 Å². The van der Waals surface area contributed by atoms with Crippen LogP contribution in [0.3, 0.4) is 0 Å². The fraction of sp³-hybridized carbons (Fsp3) is 0.500. The maximum Gasteiger partial charge on any atom is 0.275 e. The van der Waals surface area contributed by atoms with Gasteiger partial charge < -0.3 is 5.11 Å². The number of carbonyl (C=O) groups excluding carboxylic acids is 1. The predicted molar refractivity (Wildman–Crippen MR) is 77.6 cm³/mol. The summed E-state index contributed by atoms with van der Waals surface area (Å²) in [6, 6.07) is 6.51. The van der Waals surface area contributed by atoms with Crippen LogP contribution in [-0.2, 0) is 0 Å². The zero-order valence-electron chi connectivity index (χ0n) is 11.7. The van der Waals surface area contributed by atoms with Gasteiger partial charge in [-0.15, -0.1) is 0 Å². The van der Waals surface area contributed by atoms with E-state index in [2.05, 4.69) is 10.5 Å². The Balaban J connectivity index is 1.65. The Morgan fingerprint density at radius 2 is 2.10 bits per heavy atom. The first-order valence-corrected chi connectivity index (χ1v) is 7.27. The zero-order chi connectivity index (χ0) is 14.1. The number of hydrogen-bond donors (Lipinski definition) is 2. The lowest BCUT2D eigenvalue weighted by atomic mass is 9.86. The number of para-hydroxylation sites is 1. The van der Waals surface area contributed by atoms with Gasteiger partial charge in [-0.2, -0.15) is 5.10 Å². The Bertz CT molecular complexity index is 553. The molecule has 2 aliphatic carbocycles. The zero-order valence-corrected chi connectivity index (χ0v) is 11.7. The summed E-state index contributed by atoms with van der Waals surface area (Å²) in [4.78, 5) is 12.0. The second-order valence-corrected chi connectivity index (χ2v) is 5.99. The summed E-state index contributed by atoms with van der Waals surface area (Å²) in [6.45, 7) is 2.00. The lowest BCUT2D eigenvalue weighted by molar-refractivity contribution is 0.0952. The van der Waals surface area contributed by atoms with E-state index in [1.54, 1.807) is 18.2 Å². The Hall–Kier alpha value is -1.84. The average Bonchev–Trinajstić information content (AvgIpc) is 3.07. The number of fused-ring (bicyclic) bond motifs is 2. The molecule has 2 fully saturated rings. The molecule has 0 spiro atoms. The van der Waals surface area contributed by atoms with Gasteiger partial charge in [0.2, 0.25) is 0 Å². The van der Waals surface area contributed by atoms with Crippen LogP contribution in [0, 0.1) is 17.8 Å². The average molecular weight is 272 g/mol. The second-order valence-electron chi connectivity index (χ2n) is 5.99. The monoisotopic (exact) mass is 272 g/mol. The van der Waals surface area contributed by atoms with Gasteiger partial charge in [0.25, 0.3) is 5.91 Å². The van der Waals surface area contributed by atoms with Crippen LogP contribution >= 0.6 is 0 Å². The van der Waals surface area contributed by atoms with E-state index in [-0.39, 0.29) is 17.2 Å². The number of phenols is 1. The standard InChI is InChI=1S/C16H20N2O2/c1-10(14-9-11-6-7-12(14)8-11)17-18-16(20)13-4-2-3-5-15(13)19/h2-5,11-12,14,19H,6-9H2,1H3,(H,18,20)/b17-10-/t11-,12-,14-/m1/s1. The van der Waals surface area contributed by atoms with Gasteiger partial charge in [0, 0.05) is 11.6 Å². The van der Waals surface area contributed by atoms with Crippen LogP contribution in [0.5, 0.6) is 5.75 Å². The number of nitrogens with one attached hydrogen (secondary N) is 1. The number of rotatable bonds is 3. The molecular formula is C16H20N2O2. The number of amides is 1. The van der Waals surface area contributed by atoms with E-state index < -0.39 is 0 Å². The highest BCUT2D eigenvalue weighted by Gasteiger charge is 2.40. The van der Waals surface area contributed by atoms with Gasteiger partial charge in [-0.1, -0.05) is 18.6 Å². The Morgan fingerprint density at radius 1 is 1.30 bits per heavy atom. The first-order chi connectivity index (χ1) is 9.65. The van der Waals surface area contributed by atoms with Crippen molar-refractivity contribution in [3.63, 3.8) is 0 Å². The minimum atomic E-state index is -0.356. The molecule has 2 aliphatic rings. The first kappa shape index (κ1) is 13.2. The number of benzene rings is 1. The molecule has 0 aromatic heterocycles. The van der Waals surface area contributed by atoms with Crippen LogP contribution in [0.4, 0.5) is 0 Å². The van der Waals surface area contributed by atoms with Crippen LogP contribution in [-0.4, -0.2) is 16.7 Å². The summed E-state index contributed by atoms with van der Waals surface area (Å²) < 4.78 is 0. The smallest absolute Gasteiger partial charge is 0.275 e. The molecule has 0 aliphatic heterocycles. The van der Waals surface area contributed by atoms with Crippen molar-refractivity contribution in [1.29, 1.82) is 0 Å². The minimum absolute atomic E-state index is 0.0159. The highest BCUT2D eigenvalue weighted by Crippen LogP contribution is 2.48. The van der Waals surface area contributed by atoms with Crippen LogP contribution < -0.4 is 5.43 Å². The van der Waals surface area contributed by atoms with E-state index in [4.69, 9.17) is 0 Å². The molecule has 2 saturated carbocycles. The predicted octanol–water partition coefficient (Wildman–Crippen LogP) is 2.93. The summed E-state index contributed by atoms with van der Waals surface area (Å²) in [5.41, 5.74) is 3.84. The third-order valence-electron chi connectivity index (χ3n) is 4.76. The molecule has 0 heterocycles. The highest BCUT2D eigenvalue weighted by molar-refractivity contribution is 5.97. The molecule has 4 heteroatoms. The Labute approximate surface area is 118 Å². The number of phenolic OH excluding ortho intramolecular Hbond substituents is 1. The van der Waals surface area contributed by atoms with E-state index in [1.807, 2.05) is 6.92 Å². The van der Waals surface area contributed by atoms with Gasteiger partial charge in [-0.25, -0.2) is 5.43 Å². The molecule has 3 atom stereocenters. The van der Waals surface area contributed by atoms with Crippen LogP contribution in [0.1, 0.15) is 43.0 Å². The molecule has 0 unspecified atom stereocenters. The molecule has 2 N–H and O–H groups in total. The van der Waals surface area contributed by atoms with E-state index in [0.29, 0.717) is 5.92 Å². The number of carbonyl (C=O) groups is 1. The molecule has 1 aromatic carbocycles. The van der Waals surface area contributed by atoms with Crippen molar-refractivity contribution in [1.82, 2.24) is 5.43 Å². The van der Waals surface area contributed by atoms with Crippen LogP contribution in [0.2, 0.25) is 0 Å². The SMILES string of the molecule is C/C(=N/NC(=O)c1ccccc1O)[C@H]1C[C@@H]2CC[C@@H]1C2. The third-order valence-corrected chi connectivity index (χ3v) is 4.76. The molecule has 4 nitrogen and oxygen atoms in total. The van der Waals surface area contributed by atoms with E-state index in [0.717, 1.165) is 17.5 Å². The largest absolute Gasteiger partial charge is 0.507 e. The molecule has 0 radical (unpaired) electrons. The minimum Gasteiger partial charge on any atom is -0.507 e. The fourth-order valence-corrected chi connectivity index (χ4v) is 3.70. The normalized spacial score (nSPS) is 28.6. The quantitative estimate of drug-likeness (QED) is 0.656. The lowest BCUT2D eigenvalue weighted by Gasteiger charge is -2.21. The molecular weight excluding hydrogens is 252 g/mol. The molecule has 2 bridgehead atoms. The van der Waals surface area contributed by atoms with Gasteiger partial charge in [0.1, 0.15) is 5.75 Å². The number of aromatic hydroxyl groups is 1. The van der Waals surface area contributed by atoms with Gasteiger partial charge in [0.15, 0.2) is 0 Å². The lowest BCUT2D eigenvalue weighted by Crippen LogP contribution is -2.24. The van der Waals surface area contributed by atoms with Crippen LogP contribution in [0.25, 0.3) is 0 Å². The molecule has 106 valence electrons. The number of nitrogens with zero attached hydrogens (tertiary/aromatic N) is 1. The Kier molecular flexibility index (Phi) is 3.47. The second kappa shape index (κ2) is 5.27. The van der Waals surface area contributed by atoms with Gasteiger partial charge in [-0.3, -0.25) is 4.79 Å². The van der Waals surface area contributed by atoms with Crippen molar-refractivity contribution in [3.05, 3.63) is 29.8 Å². The fourth-order valence-electron chi connectivity index (χ4n) is 3.70. The summed E-state index contributed by atoms with van der Waals surface area (Å²) in [7, 11) is 0. The number of hydrogen-bond acceptors (Lipinski definition) is 3. The van der Waals surface area contributed by atoms with E-state index in [1.165, 1.54) is 31.7 Å². The van der Waals surface area contributed by atoms with E-state index in [9.17, 15) is 9.90 Å². The van der Waals surface area contributed by atoms with Crippen molar-refractivity contribution in [3.8, 4) is 5.75 Å². The summed E-state index contributed by atoms with van der Waals surface area (Å²) in [6.07, 6.45) is 5.20.